The lowest BCUT2D eigenvalue weighted by molar-refractivity contribution is 0.0939. The van der Waals surface area contributed by atoms with Crippen molar-refractivity contribution in [3.63, 3.8) is 0 Å². The third kappa shape index (κ3) is 6.10. The zero-order valence-corrected chi connectivity index (χ0v) is 14.7. The minimum absolute atomic E-state index is 0.0122. The third-order valence-corrected chi connectivity index (χ3v) is 4.13. The van der Waals surface area contributed by atoms with Gasteiger partial charge in [-0.25, -0.2) is 0 Å². The minimum atomic E-state index is 0.0122. The lowest BCUT2D eigenvalue weighted by Gasteiger charge is -2.30. The van der Waals surface area contributed by atoms with Gasteiger partial charge in [-0.2, -0.15) is 11.8 Å². The molecular weight excluding hydrogens is 280 g/mol. The number of carbonyl (C=O) groups excluding carboxylic acids is 1. The van der Waals surface area contributed by atoms with Gasteiger partial charge < -0.3 is 5.32 Å². The van der Waals surface area contributed by atoms with E-state index in [-0.39, 0.29) is 5.91 Å². The number of thioether (sulfide) groups is 1. The molecule has 0 saturated carbocycles. The number of benzene rings is 1. The van der Waals surface area contributed by atoms with Gasteiger partial charge >= 0.3 is 0 Å². The lowest BCUT2D eigenvalue weighted by Crippen LogP contribution is -2.42. The van der Waals surface area contributed by atoms with E-state index in [0.29, 0.717) is 18.6 Å². The van der Waals surface area contributed by atoms with Crippen molar-refractivity contribution in [1.29, 1.82) is 0 Å². The van der Waals surface area contributed by atoms with Gasteiger partial charge in [-0.3, -0.25) is 9.69 Å². The van der Waals surface area contributed by atoms with E-state index >= 15 is 0 Å². The Bertz CT molecular complexity index is 421. The Morgan fingerprint density at radius 1 is 1.14 bits per heavy atom. The molecule has 0 aliphatic heterocycles. The second-order valence-corrected chi connectivity index (χ2v) is 6.68. The van der Waals surface area contributed by atoms with Crippen molar-refractivity contribution in [3.8, 4) is 0 Å². The van der Waals surface area contributed by atoms with Crippen molar-refractivity contribution in [3.05, 3.63) is 35.4 Å². The molecule has 118 valence electrons. The van der Waals surface area contributed by atoms with E-state index in [2.05, 4.69) is 44.2 Å². The molecule has 0 unspecified atom stereocenters. The van der Waals surface area contributed by atoms with E-state index < -0.39 is 0 Å². The molecule has 1 N–H and O–H groups in total. The van der Waals surface area contributed by atoms with Crippen LogP contribution in [0.1, 0.15) is 43.6 Å². The predicted octanol–water partition coefficient (Wildman–Crippen LogP) is 3.40. The van der Waals surface area contributed by atoms with E-state index in [1.165, 1.54) is 5.56 Å². The van der Waals surface area contributed by atoms with Crippen molar-refractivity contribution in [2.24, 2.45) is 0 Å². The summed E-state index contributed by atoms with van der Waals surface area (Å²) in [5.41, 5.74) is 1.99. The maximum atomic E-state index is 12.1. The molecule has 0 radical (unpaired) electrons. The zero-order chi connectivity index (χ0) is 15.8. The first-order valence-electron chi connectivity index (χ1n) is 7.57. The molecule has 1 aromatic carbocycles. The highest BCUT2D eigenvalue weighted by Gasteiger charge is 2.13. The summed E-state index contributed by atoms with van der Waals surface area (Å²) >= 11 is 1.79. The van der Waals surface area contributed by atoms with Crippen LogP contribution in [0.3, 0.4) is 0 Å². The number of nitrogens with one attached hydrogen (secondary N) is 1. The van der Waals surface area contributed by atoms with Crippen molar-refractivity contribution in [2.75, 3.05) is 19.3 Å². The molecular formula is C17H28N2OS. The molecule has 0 aliphatic carbocycles. The summed E-state index contributed by atoms with van der Waals surface area (Å²) in [4.78, 5) is 14.5. The number of rotatable bonds is 8. The smallest absolute Gasteiger partial charge is 0.251 e. The average molecular weight is 308 g/mol. The molecule has 0 bridgehead atoms. The average Bonchev–Trinajstić information content (AvgIpc) is 2.43. The van der Waals surface area contributed by atoms with Gasteiger partial charge in [-0.05, 0) is 51.6 Å². The third-order valence-electron chi connectivity index (χ3n) is 3.51. The van der Waals surface area contributed by atoms with E-state index in [9.17, 15) is 4.79 Å². The quantitative estimate of drug-likeness (QED) is 0.799. The summed E-state index contributed by atoms with van der Waals surface area (Å²) in [6, 6.07) is 8.85. The molecule has 1 rings (SSSR count). The molecule has 0 heterocycles. The number of nitrogens with zero attached hydrogens (tertiary/aromatic N) is 1. The SMILES string of the molecule is CSCc1ccc(C(=O)NCCN(C(C)C)C(C)C)cc1. The first-order chi connectivity index (χ1) is 9.95. The van der Waals surface area contributed by atoms with Crippen LogP contribution in [0.2, 0.25) is 0 Å². The Balaban J connectivity index is 2.46. The highest BCUT2D eigenvalue weighted by atomic mass is 32.2. The standard InChI is InChI=1S/C17H28N2OS/c1-13(2)19(14(3)4)11-10-18-17(20)16-8-6-15(7-9-16)12-21-5/h6-9,13-14H,10-12H2,1-5H3,(H,18,20). The summed E-state index contributed by atoms with van der Waals surface area (Å²) in [7, 11) is 0. The Hall–Kier alpha value is -1.00. The second-order valence-electron chi connectivity index (χ2n) is 5.81. The first-order valence-corrected chi connectivity index (χ1v) is 8.97. The highest BCUT2D eigenvalue weighted by molar-refractivity contribution is 7.97. The topological polar surface area (TPSA) is 32.3 Å². The normalized spacial score (nSPS) is 11.4. The summed E-state index contributed by atoms with van der Waals surface area (Å²) in [6.45, 7) is 10.3. The molecule has 0 aliphatic rings. The van der Waals surface area contributed by atoms with E-state index in [0.717, 1.165) is 17.9 Å². The first kappa shape index (κ1) is 18.1. The van der Waals surface area contributed by atoms with Crippen molar-refractivity contribution >= 4 is 17.7 Å². The summed E-state index contributed by atoms with van der Waals surface area (Å²) in [5.74, 6) is 0.998. The Kier molecular flexibility index (Phi) is 7.83. The number of hydrogen-bond donors (Lipinski definition) is 1. The van der Waals surface area contributed by atoms with Gasteiger partial charge in [0.15, 0.2) is 0 Å². The summed E-state index contributed by atoms with van der Waals surface area (Å²) < 4.78 is 0. The Labute approximate surface area is 133 Å². The van der Waals surface area contributed by atoms with Crippen LogP contribution < -0.4 is 5.32 Å². The fourth-order valence-electron chi connectivity index (χ4n) is 2.43. The fourth-order valence-corrected chi connectivity index (χ4v) is 2.96. The van der Waals surface area contributed by atoms with E-state index in [1.807, 2.05) is 24.3 Å². The van der Waals surface area contributed by atoms with Gasteiger partial charge in [0.25, 0.3) is 5.91 Å². The molecule has 4 heteroatoms. The van der Waals surface area contributed by atoms with Crippen LogP contribution in [0.4, 0.5) is 0 Å². The van der Waals surface area contributed by atoms with Crippen molar-refractivity contribution < 1.29 is 4.79 Å². The molecule has 1 amide bonds. The lowest BCUT2D eigenvalue weighted by atomic mass is 10.1. The maximum absolute atomic E-state index is 12.1. The molecule has 3 nitrogen and oxygen atoms in total. The minimum Gasteiger partial charge on any atom is -0.351 e. The number of carbonyl (C=O) groups is 1. The molecule has 0 aromatic heterocycles. The number of amides is 1. The van der Waals surface area contributed by atoms with Gasteiger partial charge in [-0.15, -0.1) is 0 Å². The molecule has 1 aromatic rings. The van der Waals surface area contributed by atoms with E-state index in [1.54, 1.807) is 11.8 Å². The maximum Gasteiger partial charge on any atom is 0.251 e. The van der Waals surface area contributed by atoms with Crippen LogP contribution in [0, 0.1) is 0 Å². The largest absolute Gasteiger partial charge is 0.351 e. The van der Waals surface area contributed by atoms with Crippen molar-refractivity contribution in [1.82, 2.24) is 10.2 Å². The summed E-state index contributed by atoms with van der Waals surface area (Å²) in [5, 5.41) is 3.00. The molecule has 21 heavy (non-hydrogen) atoms. The van der Waals surface area contributed by atoms with Crippen LogP contribution in [0.5, 0.6) is 0 Å². The van der Waals surface area contributed by atoms with Crippen LogP contribution in [0.25, 0.3) is 0 Å². The molecule has 0 atom stereocenters. The van der Waals surface area contributed by atoms with Gasteiger partial charge in [-0.1, -0.05) is 12.1 Å². The zero-order valence-electron chi connectivity index (χ0n) is 13.8. The van der Waals surface area contributed by atoms with Gasteiger partial charge in [0.2, 0.25) is 0 Å². The van der Waals surface area contributed by atoms with Crippen molar-refractivity contribution in [2.45, 2.75) is 45.5 Å². The monoisotopic (exact) mass is 308 g/mol. The molecule has 0 spiro atoms. The Morgan fingerprint density at radius 3 is 2.19 bits per heavy atom. The molecule has 0 fully saturated rings. The summed E-state index contributed by atoms with van der Waals surface area (Å²) in [6.07, 6.45) is 2.08. The van der Waals surface area contributed by atoms with Gasteiger partial charge in [0, 0.05) is 36.5 Å². The fraction of sp³-hybridized carbons (Fsp3) is 0.588. The van der Waals surface area contributed by atoms with Crippen LogP contribution in [0.15, 0.2) is 24.3 Å². The molecule has 0 saturated heterocycles. The number of hydrogen-bond acceptors (Lipinski definition) is 3. The van der Waals surface area contributed by atoms with Gasteiger partial charge in [0.1, 0.15) is 0 Å². The van der Waals surface area contributed by atoms with E-state index in [4.69, 9.17) is 0 Å². The van der Waals surface area contributed by atoms with Crippen LogP contribution in [-0.4, -0.2) is 42.2 Å². The van der Waals surface area contributed by atoms with Crippen LogP contribution >= 0.6 is 11.8 Å². The van der Waals surface area contributed by atoms with Crippen LogP contribution in [-0.2, 0) is 5.75 Å². The Morgan fingerprint density at radius 2 is 1.71 bits per heavy atom. The second kappa shape index (κ2) is 9.11. The van der Waals surface area contributed by atoms with Gasteiger partial charge in [0.05, 0.1) is 0 Å². The highest BCUT2D eigenvalue weighted by Crippen LogP contribution is 2.10. The predicted molar refractivity (Wildman–Crippen MR) is 93.0 cm³/mol.